The molecule has 0 fully saturated rings. The van der Waals surface area contributed by atoms with Gasteiger partial charge in [0.05, 0.1) is 16.0 Å². The van der Waals surface area contributed by atoms with E-state index in [9.17, 15) is 73.1 Å². The molecule has 0 radical (unpaired) electrons. The van der Waals surface area contributed by atoms with Crippen molar-refractivity contribution in [1.82, 2.24) is 49.8 Å². The number of hydrogen-bond acceptors (Lipinski definition) is 18. The van der Waals surface area contributed by atoms with Gasteiger partial charge in [0.15, 0.2) is 0 Å². The molecular formula is C22H23N15O15. The molecule has 0 atom stereocenters. The number of anilines is 2. The van der Waals surface area contributed by atoms with Gasteiger partial charge in [-0.15, -0.1) is 4.91 Å². The molecule has 0 unspecified atom stereocenters. The molecule has 0 aliphatic heterocycles. The number of nitro groups is 2. The Morgan fingerprint density at radius 1 is 0.596 bits per heavy atom. The maximum absolute atomic E-state index is 10.8. The Morgan fingerprint density at radius 2 is 1.10 bits per heavy atom. The van der Waals surface area contributed by atoms with Crippen molar-refractivity contribution in [2.45, 2.75) is 13.8 Å². The lowest BCUT2D eigenvalue weighted by atomic mass is 10.4. The molecular weight excluding hydrogens is 714 g/mol. The summed E-state index contributed by atoms with van der Waals surface area (Å²) < 4.78 is 0. The predicted octanol–water partition coefficient (Wildman–Crippen LogP) is -4.69. The summed E-state index contributed by atoms with van der Waals surface area (Å²) in [5, 5.41) is 22.5. The first-order valence-corrected chi connectivity index (χ1v) is 12.9. The summed E-state index contributed by atoms with van der Waals surface area (Å²) in [5.41, 5.74) is 1.81. The van der Waals surface area contributed by atoms with E-state index in [0.29, 0.717) is 5.69 Å². The van der Waals surface area contributed by atoms with Crippen LogP contribution in [0.1, 0.15) is 11.4 Å². The lowest BCUT2D eigenvalue weighted by Crippen LogP contribution is -2.25. The van der Waals surface area contributed by atoms with E-state index in [0.717, 1.165) is 12.3 Å². The molecule has 52 heavy (non-hydrogen) atoms. The van der Waals surface area contributed by atoms with Crippen molar-refractivity contribution in [1.29, 1.82) is 0 Å². The number of H-pyrrole nitrogens is 10. The molecule has 0 aliphatic carbocycles. The summed E-state index contributed by atoms with van der Waals surface area (Å²) in [7, 11) is 0. The second kappa shape index (κ2) is 18.7. The first-order chi connectivity index (χ1) is 24.1. The molecule has 14 N–H and O–H groups in total. The van der Waals surface area contributed by atoms with Crippen LogP contribution in [-0.4, -0.2) is 59.7 Å². The van der Waals surface area contributed by atoms with Crippen LogP contribution in [-0.2, 0) is 0 Å². The van der Waals surface area contributed by atoms with Gasteiger partial charge in [0.1, 0.15) is 17.3 Å². The van der Waals surface area contributed by atoms with E-state index in [4.69, 9.17) is 11.5 Å². The highest BCUT2D eigenvalue weighted by Crippen LogP contribution is 2.08. The van der Waals surface area contributed by atoms with E-state index in [1.807, 2.05) is 19.9 Å². The standard InChI is InChI=1S/C5H5N3O4.C5H6N2O2.C4H4N4O3.C4H3N3O4.C4H5N3O2/c1-2-3(8(11)12)4(9)7-5(10)6-2;1-3-2-4(8)7-5(9)6-3;5-2-1(8-11)3(9)7-4(10)6-2;8-3-2(7(10)11)1-5-4(9)6-3;5-2-1-3(8)7-4(9)6-2/h1H3,(H2,6,7,9,10);2H,1H3,(H2,6,7,8,9);(H4,5,6,7,9,10);1H,(H2,5,6,8,9);1H,(H4,5,6,7,8,9). The van der Waals surface area contributed by atoms with Crippen LogP contribution in [0.25, 0.3) is 0 Å². The maximum Gasteiger partial charge on any atom is 0.352 e. The number of nitrogens with one attached hydrogen (secondary N) is 10. The van der Waals surface area contributed by atoms with Gasteiger partial charge < -0.3 is 26.4 Å². The van der Waals surface area contributed by atoms with Crippen LogP contribution in [0.3, 0.4) is 0 Å². The lowest BCUT2D eigenvalue weighted by molar-refractivity contribution is -0.387. The molecule has 30 nitrogen and oxygen atoms in total. The predicted molar refractivity (Wildman–Crippen MR) is 175 cm³/mol. The second-order valence-corrected chi connectivity index (χ2v) is 8.93. The summed E-state index contributed by atoms with van der Waals surface area (Å²) in [6, 6.07) is 2.42. The topological polar surface area (TPSA) is 496 Å². The van der Waals surface area contributed by atoms with Crippen LogP contribution < -0.4 is 67.7 Å². The molecule has 0 bridgehead atoms. The summed E-state index contributed by atoms with van der Waals surface area (Å²) in [5.74, 6) is -0.252. The van der Waals surface area contributed by atoms with Gasteiger partial charge in [0.25, 0.3) is 16.7 Å². The molecule has 5 aromatic heterocycles. The first-order valence-electron chi connectivity index (χ1n) is 12.9. The quantitative estimate of drug-likeness (QED) is 0.0470. The van der Waals surface area contributed by atoms with Gasteiger partial charge >= 0.3 is 50.9 Å². The minimum absolute atomic E-state index is 0.0475. The first kappa shape index (κ1) is 41.4. The van der Waals surface area contributed by atoms with E-state index < -0.39 is 77.6 Å². The number of nitrogens with two attached hydrogens (primary N) is 2. The summed E-state index contributed by atoms with van der Waals surface area (Å²) in [6.45, 7) is 2.94. The molecule has 0 saturated carbocycles. The molecule has 0 saturated heterocycles. The van der Waals surface area contributed by atoms with Gasteiger partial charge in [-0.05, 0) is 19.0 Å². The number of rotatable bonds is 3. The number of aromatic nitrogens is 10. The Hall–Kier alpha value is -8.60. The second-order valence-electron chi connectivity index (χ2n) is 8.93. The number of aryl methyl sites for hydroxylation is 2. The van der Waals surface area contributed by atoms with Crippen molar-refractivity contribution in [2.75, 3.05) is 11.5 Å². The molecule has 276 valence electrons. The number of hydrogen-bond donors (Lipinski definition) is 12. The Kier molecular flexibility index (Phi) is 14.9. The molecule has 0 aliphatic rings. The Bertz CT molecular complexity index is 2560. The molecule has 5 aromatic rings. The molecule has 30 heteroatoms. The van der Waals surface area contributed by atoms with Gasteiger partial charge in [-0.1, -0.05) is 0 Å². The Morgan fingerprint density at radius 3 is 1.52 bits per heavy atom. The zero-order chi connectivity index (χ0) is 39.9. The van der Waals surface area contributed by atoms with Crippen molar-refractivity contribution >= 4 is 28.7 Å². The van der Waals surface area contributed by atoms with Crippen LogP contribution >= 0.6 is 0 Å². The molecule has 5 rings (SSSR count). The van der Waals surface area contributed by atoms with E-state index in [1.54, 1.807) is 21.9 Å². The fourth-order valence-corrected chi connectivity index (χ4v) is 3.02. The van der Waals surface area contributed by atoms with Crippen LogP contribution in [0.15, 0.2) is 71.5 Å². The highest BCUT2D eigenvalue weighted by Gasteiger charge is 2.16. The molecule has 5 heterocycles. The van der Waals surface area contributed by atoms with E-state index >= 15 is 0 Å². The highest BCUT2D eigenvalue weighted by molar-refractivity contribution is 5.54. The van der Waals surface area contributed by atoms with Crippen molar-refractivity contribution in [3.05, 3.63) is 159 Å². The van der Waals surface area contributed by atoms with Gasteiger partial charge in [-0.2, -0.15) is 0 Å². The third-order valence-corrected chi connectivity index (χ3v) is 4.99. The fraction of sp³-hybridized carbons (Fsp3) is 0.0909. The van der Waals surface area contributed by atoms with E-state index in [2.05, 4.69) is 20.1 Å². The third-order valence-electron chi connectivity index (χ3n) is 4.99. The highest BCUT2D eigenvalue weighted by atomic mass is 16.6. The van der Waals surface area contributed by atoms with E-state index in [1.165, 1.54) is 13.0 Å². The zero-order valence-corrected chi connectivity index (χ0v) is 25.9. The van der Waals surface area contributed by atoms with Gasteiger partial charge in [-0.3, -0.25) is 79.1 Å². The fourth-order valence-electron chi connectivity index (χ4n) is 3.02. The Balaban J connectivity index is 0.000000326. The van der Waals surface area contributed by atoms with Gasteiger partial charge in [0, 0.05) is 17.8 Å². The minimum atomic E-state index is -1.00. The average molecular weight is 738 g/mol. The van der Waals surface area contributed by atoms with Crippen LogP contribution in [0.5, 0.6) is 0 Å². The number of aromatic amines is 10. The Labute approximate surface area is 278 Å². The zero-order valence-electron chi connectivity index (χ0n) is 25.9. The van der Waals surface area contributed by atoms with Crippen molar-refractivity contribution in [3.8, 4) is 0 Å². The van der Waals surface area contributed by atoms with E-state index in [-0.39, 0.29) is 22.9 Å². The molecule has 0 aromatic carbocycles. The molecule has 0 spiro atoms. The summed E-state index contributed by atoms with van der Waals surface area (Å²) >= 11 is 0. The molecule has 0 amide bonds. The lowest BCUT2D eigenvalue weighted by Gasteiger charge is -1.92. The average Bonchev–Trinajstić information content (AvgIpc) is 2.96. The van der Waals surface area contributed by atoms with Crippen LogP contribution in [0.2, 0.25) is 0 Å². The SMILES string of the molecule is Cc1[nH]c(=O)[nH]c(=O)c1[N+](=O)[O-].Cc1cc(=O)[nH]c(=O)[nH]1.Nc1[nH]c(=O)[nH]c(=O)c1N=O.Nc1cc(=O)[nH]c(=O)[nH]1.O=c1[nH]cc([N+](=O)[O-])c(=O)[nH]1. The smallest absolute Gasteiger partial charge is 0.352 e. The van der Waals surface area contributed by atoms with Gasteiger partial charge in [-0.25, -0.2) is 24.0 Å². The largest absolute Gasteiger partial charge is 0.385 e. The van der Waals surface area contributed by atoms with Crippen LogP contribution in [0.4, 0.5) is 28.7 Å². The summed E-state index contributed by atoms with van der Waals surface area (Å²) in [4.78, 5) is 153. The number of nitrogens with zero attached hydrogens (tertiary/aromatic N) is 3. The minimum Gasteiger partial charge on any atom is -0.385 e. The van der Waals surface area contributed by atoms with Crippen molar-refractivity contribution in [2.24, 2.45) is 5.18 Å². The number of nitrogen functional groups attached to an aromatic ring is 2. The summed E-state index contributed by atoms with van der Waals surface area (Å²) in [6.07, 6.45) is 0.751. The van der Waals surface area contributed by atoms with Crippen molar-refractivity contribution < 1.29 is 9.85 Å². The monoisotopic (exact) mass is 737 g/mol. The normalized spacial score (nSPS) is 9.50. The van der Waals surface area contributed by atoms with Crippen molar-refractivity contribution in [3.63, 3.8) is 0 Å². The number of nitroso groups, excluding NO2 is 1. The van der Waals surface area contributed by atoms with Crippen LogP contribution in [0, 0.1) is 39.0 Å². The third kappa shape index (κ3) is 13.6. The maximum atomic E-state index is 10.8. The van der Waals surface area contributed by atoms with Gasteiger partial charge in [0.2, 0.25) is 5.69 Å².